The molecule has 2 unspecified atom stereocenters. The summed E-state index contributed by atoms with van der Waals surface area (Å²) < 4.78 is 12.3. The van der Waals surface area contributed by atoms with Gasteiger partial charge in [-0.15, -0.1) is 0 Å². The minimum absolute atomic E-state index is 0.00440. The van der Waals surface area contributed by atoms with Gasteiger partial charge in [-0.05, 0) is 74.5 Å². The number of rotatable bonds is 8. The highest BCUT2D eigenvalue weighted by molar-refractivity contribution is 6.36. The van der Waals surface area contributed by atoms with Crippen molar-refractivity contribution < 1.29 is 19.1 Å². The van der Waals surface area contributed by atoms with Gasteiger partial charge in [-0.1, -0.05) is 41.9 Å². The molecule has 4 aromatic rings. The summed E-state index contributed by atoms with van der Waals surface area (Å²) in [7, 11) is 3.13. The molecule has 238 valence electrons. The van der Waals surface area contributed by atoms with Gasteiger partial charge in [-0.2, -0.15) is 5.10 Å². The highest BCUT2D eigenvalue weighted by atomic mass is 35.5. The van der Waals surface area contributed by atoms with Crippen molar-refractivity contribution in [2.24, 2.45) is 13.0 Å². The largest absolute Gasteiger partial charge is 0.481 e. The monoisotopic (exact) mass is 641 g/mol. The quantitative estimate of drug-likeness (QED) is 0.247. The summed E-state index contributed by atoms with van der Waals surface area (Å²) in [5.74, 6) is -0.178. The number of nitrogens with zero attached hydrogens (tertiary/aromatic N) is 4. The number of methoxy groups -OCH3 is 1. The molecule has 0 spiro atoms. The summed E-state index contributed by atoms with van der Waals surface area (Å²) in [6, 6.07) is 15.0. The number of anilines is 1. The number of likely N-dealkylation sites (tertiary alicyclic amines) is 1. The Morgan fingerprint density at radius 2 is 1.85 bits per heavy atom. The van der Waals surface area contributed by atoms with Crippen LogP contribution in [0.25, 0.3) is 22.4 Å². The molecule has 1 amide bonds. The fourth-order valence-electron chi connectivity index (χ4n) is 6.63. The van der Waals surface area contributed by atoms with Crippen molar-refractivity contribution in [3.8, 4) is 28.3 Å². The van der Waals surface area contributed by atoms with E-state index in [1.165, 1.54) is 19.3 Å². The third kappa shape index (κ3) is 5.78. The SMILES string of the molecule is CCOC(=O)C1CCN(C2CCc3cc(-c4cccc(-c5cccc(NC(=O)c6ccnn(C)c6=O)c5C)c4Cl)nc(OC)c32)C1. The minimum Gasteiger partial charge on any atom is -0.481 e. The molecule has 6 rings (SSSR count). The summed E-state index contributed by atoms with van der Waals surface area (Å²) in [6.07, 6.45) is 3.99. The average Bonchev–Trinajstić information content (AvgIpc) is 3.71. The molecule has 1 N–H and O–H groups in total. The maximum Gasteiger partial charge on any atom is 0.310 e. The molecule has 3 heterocycles. The van der Waals surface area contributed by atoms with Crippen LogP contribution in [0.2, 0.25) is 5.02 Å². The van der Waals surface area contributed by atoms with E-state index < -0.39 is 11.5 Å². The number of hydrogen-bond acceptors (Lipinski definition) is 8. The number of hydrogen-bond donors (Lipinski definition) is 1. The second-order valence-corrected chi connectivity index (χ2v) is 12.0. The van der Waals surface area contributed by atoms with Crippen LogP contribution in [0, 0.1) is 12.8 Å². The van der Waals surface area contributed by atoms with Gasteiger partial charge in [0.1, 0.15) is 5.56 Å². The molecule has 2 aliphatic rings. The number of fused-ring (bicyclic) bond motifs is 1. The second kappa shape index (κ2) is 13.1. The lowest BCUT2D eigenvalue weighted by atomic mass is 9.96. The molecule has 10 nitrogen and oxygen atoms in total. The van der Waals surface area contributed by atoms with Crippen LogP contribution in [0.5, 0.6) is 5.88 Å². The standard InChI is InChI=1S/C35H36ClN5O5/c1-5-46-35(44)22-15-17-41(19-22)29-13-12-21-18-28(39-33(45-4)30(21)29)25-10-6-9-24(31(25)36)23-8-7-11-27(20(23)2)38-32(42)26-14-16-37-40(3)34(26)43/h6-11,14,16,18,22,29H,5,12-13,15,17,19H2,1-4H3,(H,38,42). The van der Waals surface area contributed by atoms with Crippen LogP contribution in [-0.2, 0) is 23.0 Å². The van der Waals surface area contributed by atoms with Crippen LogP contribution in [-0.4, -0.2) is 58.3 Å². The van der Waals surface area contributed by atoms with Crippen molar-refractivity contribution in [3.63, 3.8) is 0 Å². The highest BCUT2D eigenvalue weighted by Crippen LogP contribution is 2.46. The van der Waals surface area contributed by atoms with Gasteiger partial charge in [0.25, 0.3) is 11.5 Å². The predicted octanol–water partition coefficient (Wildman–Crippen LogP) is 5.60. The van der Waals surface area contributed by atoms with E-state index in [9.17, 15) is 14.4 Å². The van der Waals surface area contributed by atoms with Crippen LogP contribution in [0.15, 0.2) is 59.5 Å². The zero-order valence-electron chi connectivity index (χ0n) is 26.3. The molecule has 2 aromatic heterocycles. The van der Waals surface area contributed by atoms with Gasteiger partial charge in [0.15, 0.2) is 0 Å². The van der Waals surface area contributed by atoms with Gasteiger partial charge >= 0.3 is 5.97 Å². The Morgan fingerprint density at radius 3 is 2.63 bits per heavy atom. The number of esters is 1. The molecule has 2 atom stereocenters. The lowest BCUT2D eigenvalue weighted by molar-refractivity contribution is -0.147. The molecule has 46 heavy (non-hydrogen) atoms. The number of amides is 1. The minimum atomic E-state index is -0.513. The molecule has 1 saturated heterocycles. The zero-order valence-corrected chi connectivity index (χ0v) is 27.1. The molecule has 0 radical (unpaired) electrons. The van der Waals surface area contributed by atoms with E-state index in [1.807, 2.05) is 44.2 Å². The van der Waals surface area contributed by atoms with Gasteiger partial charge in [0.05, 0.1) is 30.4 Å². The number of benzene rings is 2. The Labute approximate surface area is 272 Å². The summed E-state index contributed by atoms with van der Waals surface area (Å²) in [6.45, 7) is 5.62. The fourth-order valence-corrected chi connectivity index (χ4v) is 6.96. The molecular weight excluding hydrogens is 606 g/mol. The van der Waals surface area contributed by atoms with Crippen LogP contribution in [0.3, 0.4) is 0 Å². The van der Waals surface area contributed by atoms with Crippen molar-refractivity contribution in [3.05, 3.63) is 92.4 Å². The van der Waals surface area contributed by atoms with E-state index in [0.717, 1.165) is 63.9 Å². The molecular formula is C35H36ClN5O5. The van der Waals surface area contributed by atoms with E-state index in [4.69, 9.17) is 26.1 Å². The summed E-state index contributed by atoms with van der Waals surface area (Å²) in [5.41, 5.74) is 6.24. The molecule has 0 saturated carbocycles. The third-order valence-corrected chi connectivity index (χ3v) is 9.41. The Morgan fingerprint density at radius 1 is 1.09 bits per heavy atom. The maximum atomic E-state index is 13.0. The maximum absolute atomic E-state index is 13.0. The van der Waals surface area contributed by atoms with Crippen LogP contribution in [0.1, 0.15) is 52.9 Å². The first-order valence-corrected chi connectivity index (χ1v) is 15.8. The number of carbonyl (C=O) groups excluding carboxylic acids is 2. The first-order valence-electron chi connectivity index (χ1n) is 15.4. The molecule has 11 heteroatoms. The fraction of sp³-hybridized carbons (Fsp3) is 0.343. The van der Waals surface area contributed by atoms with Gasteiger partial charge in [-0.25, -0.2) is 9.67 Å². The van der Waals surface area contributed by atoms with Crippen molar-refractivity contribution in [2.45, 2.75) is 39.2 Å². The number of ether oxygens (including phenoxy) is 2. The van der Waals surface area contributed by atoms with Gasteiger partial charge in [-0.3, -0.25) is 19.3 Å². The first kappa shape index (κ1) is 31.4. The predicted molar refractivity (Wildman–Crippen MR) is 176 cm³/mol. The molecule has 1 fully saturated rings. The Hall–Kier alpha value is -4.54. The highest BCUT2D eigenvalue weighted by Gasteiger charge is 2.38. The van der Waals surface area contributed by atoms with E-state index in [-0.39, 0.29) is 23.5 Å². The Balaban J connectivity index is 1.30. The number of halogens is 1. The summed E-state index contributed by atoms with van der Waals surface area (Å²) in [4.78, 5) is 45.1. The first-order chi connectivity index (χ1) is 22.2. The van der Waals surface area contributed by atoms with E-state index in [0.29, 0.717) is 35.4 Å². The van der Waals surface area contributed by atoms with Crippen molar-refractivity contribution in [2.75, 3.05) is 32.1 Å². The van der Waals surface area contributed by atoms with Crippen molar-refractivity contribution in [1.82, 2.24) is 19.7 Å². The zero-order chi connectivity index (χ0) is 32.5. The number of aryl methyl sites for hydroxylation is 2. The van der Waals surface area contributed by atoms with Crippen molar-refractivity contribution in [1.29, 1.82) is 0 Å². The molecule has 0 bridgehead atoms. The smallest absolute Gasteiger partial charge is 0.310 e. The van der Waals surface area contributed by atoms with E-state index >= 15 is 0 Å². The summed E-state index contributed by atoms with van der Waals surface area (Å²) >= 11 is 7.12. The lowest BCUT2D eigenvalue weighted by Gasteiger charge is -2.25. The number of nitrogens with one attached hydrogen (secondary N) is 1. The van der Waals surface area contributed by atoms with Gasteiger partial charge in [0.2, 0.25) is 5.88 Å². The van der Waals surface area contributed by atoms with Crippen molar-refractivity contribution >= 4 is 29.2 Å². The number of aromatic nitrogens is 3. The normalized spacial score (nSPS) is 17.5. The van der Waals surface area contributed by atoms with Crippen LogP contribution >= 0.6 is 11.6 Å². The topological polar surface area (TPSA) is 116 Å². The van der Waals surface area contributed by atoms with E-state index in [2.05, 4.69) is 21.4 Å². The van der Waals surface area contributed by atoms with Crippen LogP contribution in [0.4, 0.5) is 5.69 Å². The van der Waals surface area contributed by atoms with Gasteiger partial charge < -0.3 is 14.8 Å². The Bertz CT molecular complexity index is 1890. The Kier molecular flexibility index (Phi) is 8.93. The molecule has 1 aliphatic heterocycles. The molecule has 2 aromatic carbocycles. The lowest BCUT2D eigenvalue weighted by Crippen LogP contribution is -2.28. The number of pyridine rings is 1. The third-order valence-electron chi connectivity index (χ3n) is 9.00. The summed E-state index contributed by atoms with van der Waals surface area (Å²) in [5, 5.41) is 7.29. The van der Waals surface area contributed by atoms with E-state index in [1.54, 1.807) is 13.2 Å². The number of carbonyl (C=O) groups is 2. The molecule has 1 aliphatic carbocycles. The second-order valence-electron chi connectivity index (χ2n) is 11.6. The van der Waals surface area contributed by atoms with Gasteiger partial charge in [0, 0.05) is 48.2 Å². The average molecular weight is 642 g/mol. The van der Waals surface area contributed by atoms with Crippen LogP contribution < -0.4 is 15.6 Å².